The van der Waals surface area contributed by atoms with Crippen LogP contribution in [0.1, 0.15) is 5.56 Å². The Morgan fingerprint density at radius 2 is 1.97 bits per heavy atom. The number of hydrazine groups is 1. The number of nitrogens with one attached hydrogen (secondary N) is 3. The monoisotopic (exact) mass is 449 g/mol. The fraction of sp³-hybridized carbons (Fsp3) is 0.250. The number of para-hydroxylation sites is 1. The van der Waals surface area contributed by atoms with Crippen LogP contribution >= 0.6 is 11.8 Å². The Balaban J connectivity index is 1.48. The second-order valence-corrected chi connectivity index (χ2v) is 7.86. The van der Waals surface area contributed by atoms with Crippen LogP contribution in [0.4, 0.5) is 24.5 Å². The zero-order valence-corrected chi connectivity index (χ0v) is 16.8. The van der Waals surface area contributed by atoms with Crippen LogP contribution in [-0.2, 0) is 15.8 Å². The number of hydrogen-bond donors (Lipinski definition) is 3. The summed E-state index contributed by atoms with van der Waals surface area (Å²) in [6.45, 7) is 0.435. The van der Waals surface area contributed by atoms with Gasteiger partial charge in [0.05, 0.1) is 22.9 Å². The van der Waals surface area contributed by atoms with Gasteiger partial charge < -0.3 is 5.32 Å². The molecular formula is C20H18F3N5O2S. The van der Waals surface area contributed by atoms with Crippen LogP contribution in [0.25, 0.3) is 0 Å². The lowest BCUT2D eigenvalue weighted by Gasteiger charge is -2.32. The first-order valence-corrected chi connectivity index (χ1v) is 10.4. The third-order valence-corrected chi connectivity index (χ3v) is 5.70. The Hall–Kier alpha value is -2.89. The molecule has 2 atom stereocenters. The number of thioether (sulfide) groups is 1. The SMILES string of the molecule is O=C(CSC1=NC2NNCC2C(=O)N1c1ccccc1)Nc1cccc(C(F)(F)F)c1. The molecule has 2 aliphatic rings. The van der Waals surface area contributed by atoms with Gasteiger partial charge in [-0.1, -0.05) is 36.0 Å². The van der Waals surface area contributed by atoms with Crippen LogP contribution in [0, 0.1) is 5.92 Å². The summed E-state index contributed by atoms with van der Waals surface area (Å²) in [7, 11) is 0. The van der Waals surface area contributed by atoms with Gasteiger partial charge in [0.25, 0.3) is 0 Å². The van der Waals surface area contributed by atoms with Gasteiger partial charge in [-0.15, -0.1) is 0 Å². The Kier molecular flexibility index (Phi) is 5.99. The van der Waals surface area contributed by atoms with Crippen molar-refractivity contribution < 1.29 is 22.8 Å². The lowest BCUT2D eigenvalue weighted by Crippen LogP contribution is -2.49. The fourth-order valence-corrected chi connectivity index (χ4v) is 4.13. The standard InChI is InChI=1S/C20H18F3N5O2S/c21-20(22,23)12-5-4-6-13(9-12)25-16(29)11-31-19-26-17-15(10-24-27-17)18(30)28(19)14-7-2-1-3-8-14/h1-9,15,17,24,27H,10-11H2,(H,25,29). The predicted octanol–water partition coefficient (Wildman–Crippen LogP) is 2.83. The van der Waals surface area contributed by atoms with Crippen molar-refractivity contribution in [2.24, 2.45) is 10.9 Å². The van der Waals surface area contributed by atoms with Crippen molar-refractivity contribution >= 4 is 40.1 Å². The van der Waals surface area contributed by atoms with Crippen LogP contribution in [0.15, 0.2) is 59.6 Å². The van der Waals surface area contributed by atoms with Crippen molar-refractivity contribution in [1.29, 1.82) is 0 Å². The van der Waals surface area contributed by atoms with Crippen molar-refractivity contribution in [3.05, 3.63) is 60.2 Å². The predicted molar refractivity (Wildman–Crippen MR) is 112 cm³/mol. The van der Waals surface area contributed by atoms with Crippen LogP contribution in [-0.4, -0.2) is 35.4 Å². The molecule has 1 fully saturated rings. The Morgan fingerprint density at radius 3 is 2.71 bits per heavy atom. The van der Waals surface area contributed by atoms with E-state index in [0.29, 0.717) is 17.4 Å². The molecule has 2 unspecified atom stereocenters. The molecule has 2 amide bonds. The van der Waals surface area contributed by atoms with Gasteiger partial charge in [-0.2, -0.15) is 13.2 Å². The fourth-order valence-electron chi connectivity index (χ4n) is 3.28. The molecule has 2 aliphatic heterocycles. The van der Waals surface area contributed by atoms with Crippen molar-refractivity contribution in [3.63, 3.8) is 0 Å². The number of benzene rings is 2. The maximum Gasteiger partial charge on any atom is 0.416 e. The second-order valence-electron chi connectivity index (χ2n) is 6.91. The van der Waals surface area contributed by atoms with E-state index in [1.54, 1.807) is 24.3 Å². The Morgan fingerprint density at radius 1 is 1.19 bits per heavy atom. The molecule has 0 bridgehead atoms. The number of fused-ring (bicyclic) bond motifs is 1. The van der Waals surface area contributed by atoms with E-state index in [-0.39, 0.29) is 23.3 Å². The lowest BCUT2D eigenvalue weighted by molar-refractivity contribution is -0.137. The Bertz CT molecular complexity index is 1020. The van der Waals surface area contributed by atoms with Crippen molar-refractivity contribution in [1.82, 2.24) is 10.9 Å². The highest BCUT2D eigenvalue weighted by molar-refractivity contribution is 8.14. The summed E-state index contributed by atoms with van der Waals surface area (Å²) in [4.78, 5) is 31.4. The molecular weight excluding hydrogens is 431 g/mol. The number of anilines is 2. The van der Waals surface area contributed by atoms with E-state index < -0.39 is 23.8 Å². The molecule has 0 spiro atoms. The second kappa shape index (κ2) is 8.69. The molecule has 0 aliphatic carbocycles. The summed E-state index contributed by atoms with van der Waals surface area (Å²) in [6, 6.07) is 13.4. The van der Waals surface area contributed by atoms with E-state index in [0.717, 1.165) is 23.9 Å². The summed E-state index contributed by atoms with van der Waals surface area (Å²) < 4.78 is 38.6. The number of hydrogen-bond acceptors (Lipinski definition) is 6. The number of rotatable bonds is 4. The van der Waals surface area contributed by atoms with Gasteiger partial charge in [-0.05, 0) is 30.3 Å². The van der Waals surface area contributed by atoms with Gasteiger partial charge in [0.15, 0.2) is 5.17 Å². The number of nitrogens with zero attached hydrogens (tertiary/aromatic N) is 2. The number of carbonyl (C=O) groups is 2. The number of alkyl halides is 3. The minimum atomic E-state index is -4.50. The van der Waals surface area contributed by atoms with E-state index in [1.165, 1.54) is 17.0 Å². The molecule has 162 valence electrons. The molecule has 2 aromatic carbocycles. The minimum Gasteiger partial charge on any atom is -0.325 e. The smallest absolute Gasteiger partial charge is 0.325 e. The molecule has 7 nitrogen and oxygen atoms in total. The average molecular weight is 449 g/mol. The first-order valence-electron chi connectivity index (χ1n) is 9.38. The highest BCUT2D eigenvalue weighted by Crippen LogP contribution is 2.31. The number of aliphatic imine (C=N–C) groups is 1. The number of amidine groups is 1. The zero-order chi connectivity index (χ0) is 22.0. The topological polar surface area (TPSA) is 85.8 Å². The largest absolute Gasteiger partial charge is 0.416 e. The molecule has 0 aromatic heterocycles. The van der Waals surface area contributed by atoms with Crippen molar-refractivity contribution in [2.75, 3.05) is 22.5 Å². The minimum absolute atomic E-state index is 0.0451. The first kappa shape index (κ1) is 21.3. The summed E-state index contributed by atoms with van der Waals surface area (Å²) in [5.41, 5.74) is 5.68. The van der Waals surface area contributed by atoms with Crippen molar-refractivity contribution in [3.8, 4) is 0 Å². The first-order chi connectivity index (χ1) is 14.8. The highest BCUT2D eigenvalue weighted by Gasteiger charge is 2.42. The van der Waals surface area contributed by atoms with E-state index in [9.17, 15) is 22.8 Å². The normalized spacial score (nSPS) is 20.9. The third kappa shape index (κ3) is 4.73. The van der Waals surface area contributed by atoms with Gasteiger partial charge in [0, 0.05) is 12.2 Å². The Labute approximate surface area is 180 Å². The highest BCUT2D eigenvalue weighted by atomic mass is 32.2. The van der Waals surface area contributed by atoms with Gasteiger partial charge in [-0.3, -0.25) is 19.9 Å². The van der Waals surface area contributed by atoms with E-state index >= 15 is 0 Å². The molecule has 0 saturated carbocycles. The summed E-state index contributed by atoms with van der Waals surface area (Å²) in [6.07, 6.45) is -4.94. The molecule has 1 saturated heterocycles. The average Bonchev–Trinajstić information content (AvgIpc) is 3.21. The summed E-state index contributed by atoms with van der Waals surface area (Å²) >= 11 is 1.04. The molecule has 11 heteroatoms. The van der Waals surface area contributed by atoms with Crippen LogP contribution in [0.3, 0.4) is 0 Å². The van der Waals surface area contributed by atoms with Crippen LogP contribution in [0.5, 0.6) is 0 Å². The zero-order valence-electron chi connectivity index (χ0n) is 16.0. The molecule has 2 aromatic rings. The number of amides is 2. The van der Waals surface area contributed by atoms with Gasteiger partial charge in [0.2, 0.25) is 11.8 Å². The van der Waals surface area contributed by atoms with Crippen LogP contribution < -0.4 is 21.1 Å². The van der Waals surface area contributed by atoms with Gasteiger partial charge >= 0.3 is 6.18 Å². The molecule has 0 radical (unpaired) electrons. The number of carbonyl (C=O) groups excluding carboxylic acids is 2. The van der Waals surface area contributed by atoms with E-state index in [2.05, 4.69) is 21.2 Å². The quantitative estimate of drug-likeness (QED) is 0.669. The molecule has 3 N–H and O–H groups in total. The third-order valence-electron chi connectivity index (χ3n) is 4.75. The molecule has 2 heterocycles. The molecule has 31 heavy (non-hydrogen) atoms. The van der Waals surface area contributed by atoms with E-state index in [4.69, 9.17) is 0 Å². The van der Waals surface area contributed by atoms with Gasteiger partial charge in [0.1, 0.15) is 6.17 Å². The van der Waals surface area contributed by atoms with Crippen molar-refractivity contribution in [2.45, 2.75) is 12.3 Å². The van der Waals surface area contributed by atoms with E-state index in [1.807, 2.05) is 6.07 Å². The molecule has 4 rings (SSSR count). The maximum atomic E-state index is 13.0. The summed E-state index contributed by atoms with van der Waals surface area (Å²) in [5, 5.41) is 2.80. The summed E-state index contributed by atoms with van der Waals surface area (Å²) in [5.74, 6) is -1.16. The van der Waals surface area contributed by atoms with Crippen LogP contribution in [0.2, 0.25) is 0 Å². The number of halogens is 3. The van der Waals surface area contributed by atoms with Gasteiger partial charge in [-0.25, -0.2) is 10.4 Å². The maximum absolute atomic E-state index is 13.0. The lowest BCUT2D eigenvalue weighted by atomic mass is 10.1.